The number of anilines is 1. The molecule has 1 aliphatic rings. The minimum atomic E-state index is -0.685. The number of nitrogens with zero attached hydrogens (tertiary/aromatic N) is 5. The summed E-state index contributed by atoms with van der Waals surface area (Å²) in [6.07, 6.45) is 4.51. The van der Waals surface area contributed by atoms with Gasteiger partial charge in [0.1, 0.15) is 12.3 Å². The predicted molar refractivity (Wildman–Crippen MR) is 110 cm³/mol. The molecule has 1 aliphatic heterocycles. The standard InChI is InChI=1S/C21H23N5O3/c1-4-16-7-5-6-8-17(16)10-24-13-20(27)26(21(24)28)18-9-22-25(11-18)12-19-14(2)23-29-15(19)3/h4-9,11,20,27H,1,10,12-13H2,2-3H3/p+1. The van der Waals surface area contributed by atoms with E-state index < -0.39 is 6.23 Å². The van der Waals surface area contributed by atoms with Crippen LogP contribution in [0, 0.1) is 13.8 Å². The van der Waals surface area contributed by atoms with Gasteiger partial charge in [0.05, 0.1) is 24.1 Å². The fourth-order valence-electron chi connectivity index (χ4n) is 3.61. The van der Waals surface area contributed by atoms with Crippen LogP contribution in [0.5, 0.6) is 0 Å². The van der Waals surface area contributed by atoms with Crippen LogP contribution in [0.1, 0.15) is 28.1 Å². The van der Waals surface area contributed by atoms with E-state index in [1.807, 2.05) is 38.1 Å². The summed E-state index contributed by atoms with van der Waals surface area (Å²) in [5, 5.41) is 16.7. The van der Waals surface area contributed by atoms with Crippen molar-refractivity contribution in [3.05, 3.63) is 71.4 Å². The summed E-state index contributed by atoms with van der Waals surface area (Å²) in [7, 11) is 0. The molecule has 3 heterocycles. The lowest BCUT2D eigenvalue weighted by Gasteiger charge is -2.17. The Balaban J connectivity index is 1.51. The molecular weight excluding hydrogens is 370 g/mol. The van der Waals surface area contributed by atoms with Crippen molar-refractivity contribution in [2.75, 3.05) is 11.4 Å². The molecule has 2 amide bonds. The van der Waals surface area contributed by atoms with Crippen molar-refractivity contribution in [1.82, 2.24) is 19.8 Å². The molecule has 0 spiro atoms. The number of urea groups is 1. The van der Waals surface area contributed by atoms with Crippen molar-refractivity contribution in [2.45, 2.75) is 33.2 Å². The first-order valence-electron chi connectivity index (χ1n) is 9.41. The summed E-state index contributed by atoms with van der Waals surface area (Å²) >= 11 is 0. The van der Waals surface area contributed by atoms with Crippen LogP contribution < -0.4 is 4.90 Å². The first-order valence-corrected chi connectivity index (χ1v) is 9.41. The Bertz CT molecular complexity index is 1030. The van der Waals surface area contributed by atoms with E-state index in [0.29, 0.717) is 25.3 Å². The zero-order valence-corrected chi connectivity index (χ0v) is 16.5. The molecule has 8 heteroatoms. The predicted octanol–water partition coefficient (Wildman–Crippen LogP) is 2.67. The SMILES string of the molecule is C=Cc1ccccc1CN1CC([OH2+])N(c2cnn(Cc3c(C)noc3C)c2)C1=O. The lowest BCUT2D eigenvalue weighted by Crippen LogP contribution is -2.34. The van der Waals surface area contributed by atoms with Crippen LogP contribution >= 0.6 is 0 Å². The molecule has 29 heavy (non-hydrogen) atoms. The Hall–Kier alpha value is -3.39. The molecule has 0 radical (unpaired) electrons. The third-order valence-corrected chi connectivity index (χ3v) is 5.22. The number of hydrogen-bond acceptors (Lipinski definition) is 4. The maximum absolute atomic E-state index is 13.0. The molecule has 1 unspecified atom stereocenters. The van der Waals surface area contributed by atoms with Gasteiger partial charge in [0.25, 0.3) is 6.23 Å². The van der Waals surface area contributed by atoms with E-state index >= 15 is 0 Å². The quantitative estimate of drug-likeness (QED) is 0.601. The minimum Gasteiger partial charge on any atom is -0.425 e. The van der Waals surface area contributed by atoms with Crippen molar-refractivity contribution in [3.63, 3.8) is 0 Å². The third kappa shape index (κ3) is 3.54. The molecule has 0 aliphatic carbocycles. The molecule has 4 rings (SSSR count). The summed E-state index contributed by atoms with van der Waals surface area (Å²) in [5.41, 5.74) is 4.41. The van der Waals surface area contributed by atoms with Gasteiger partial charge in [-0.25, -0.2) is 9.69 Å². The zero-order chi connectivity index (χ0) is 20.5. The topological polar surface area (TPSA) is 90.3 Å². The number of aromatic nitrogens is 3. The van der Waals surface area contributed by atoms with Crippen molar-refractivity contribution in [1.29, 1.82) is 0 Å². The van der Waals surface area contributed by atoms with Crippen LogP contribution in [-0.4, -0.2) is 43.7 Å². The average molecular weight is 394 g/mol. The molecule has 2 aromatic heterocycles. The number of rotatable bonds is 6. The van der Waals surface area contributed by atoms with E-state index in [1.165, 1.54) is 4.90 Å². The third-order valence-electron chi connectivity index (χ3n) is 5.22. The van der Waals surface area contributed by atoms with Gasteiger partial charge in [0, 0.05) is 18.3 Å². The van der Waals surface area contributed by atoms with E-state index in [1.54, 1.807) is 28.1 Å². The van der Waals surface area contributed by atoms with E-state index in [0.717, 1.165) is 28.1 Å². The number of carbonyl (C=O) groups excluding carboxylic acids is 1. The molecule has 3 aromatic rings. The Morgan fingerprint density at radius 1 is 1.31 bits per heavy atom. The Morgan fingerprint density at radius 3 is 2.83 bits per heavy atom. The van der Waals surface area contributed by atoms with Crippen LogP contribution in [0.15, 0.2) is 47.8 Å². The number of aryl methyl sites for hydroxylation is 2. The summed E-state index contributed by atoms with van der Waals surface area (Å²) in [6, 6.07) is 7.64. The Labute approximate surface area is 168 Å². The lowest BCUT2D eigenvalue weighted by molar-refractivity contribution is 0.175. The summed E-state index contributed by atoms with van der Waals surface area (Å²) in [6.45, 7) is 8.87. The van der Waals surface area contributed by atoms with Gasteiger partial charge in [-0.3, -0.25) is 4.68 Å². The highest BCUT2D eigenvalue weighted by atomic mass is 16.5. The van der Waals surface area contributed by atoms with E-state index in [4.69, 9.17) is 9.63 Å². The molecule has 0 bridgehead atoms. The summed E-state index contributed by atoms with van der Waals surface area (Å²) in [5.74, 6) is 0.752. The smallest absolute Gasteiger partial charge is 0.331 e. The highest BCUT2D eigenvalue weighted by Crippen LogP contribution is 2.26. The van der Waals surface area contributed by atoms with Gasteiger partial charge in [-0.1, -0.05) is 42.1 Å². The van der Waals surface area contributed by atoms with E-state index in [2.05, 4.69) is 16.8 Å². The first kappa shape index (κ1) is 18.9. The second-order valence-electron chi connectivity index (χ2n) is 7.15. The number of carbonyl (C=O) groups is 1. The van der Waals surface area contributed by atoms with Gasteiger partial charge in [0.15, 0.2) is 0 Å². The second-order valence-corrected chi connectivity index (χ2v) is 7.15. The minimum absolute atomic E-state index is 0.194. The largest absolute Gasteiger partial charge is 0.425 e. The molecule has 1 atom stereocenters. The van der Waals surface area contributed by atoms with Gasteiger partial charge in [0.2, 0.25) is 0 Å². The molecule has 1 aromatic carbocycles. The maximum atomic E-state index is 13.0. The summed E-state index contributed by atoms with van der Waals surface area (Å²) in [4.78, 5) is 16.2. The van der Waals surface area contributed by atoms with E-state index in [-0.39, 0.29) is 6.03 Å². The molecular formula is C21H24N5O3+. The van der Waals surface area contributed by atoms with Crippen LogP contribution in [-0.2, 0) is 13.1 Å². The molecule has 1 saturated heterocycles. The summed E-state index contributed by atoms with van der Waals surface area (Å²) < 4.78 is 6.93. The van der Waals surface area contributed by atoms with Gasteiger partial charge in [-0.05, 0) is 25.0 Å². The van der Waals surface area contributed by atoms with Crippen LogP contribution in [0.25, 0.3) is 6.08 Å². The fourth-order valence-corrected chi connectivity index (χ4v) is 3.61. The normalized spacial score (nSPS) is 16.7. The van der Waals surface area contributed by atoms with Crippen molar-refractivity contribution >= 4 is 17.8 Å². The van der Waals surface area contributed by atoms with Gasteiger partial charge in [-0.15, -0.1) is 0 Å². The van der Waals surface area contributed by atoms with Crippen LogP contribution in [0.4, 0.5) is 10.5 Å². The Morgan fingerprint density at radius 2 is 2.10 bits per heavy atom. The van der Waals surface area contributed by atoms with Crippen molar-refractivity contribution in [2.24, 2.45) is 0 Å². The van der Waals surface area contributed by atoms with Gasteiger partial charge < -0.3 is 14.5 Å². The van der Waals surface area contributed by atoms with Crippen LogP contribution in [0.3, 0.4) is 0 Å². The van der Waals surface area contributed by atoms with Gasteiger partial charge in [-0.2, -0.15) is 5.10 Å². The molecule has 8 nitrogen and oxygen atoms in total. The molecule has 150 valence electrons. The van der Waals surface area contributed by atoms with Crippen LogP contribution in [0.2, 0.25) is 0 Å². The maximum Gasteiger partial charge on any atom is 0.331 e. The first-order chi connectivity index (χ1) is 14.0. The lowest BCUT2D eigenvalue weighted by atomic mass is 10.1. The molecule has 0 saturated carbocycles. The van der Waals surface area contributed by atoms with Gasteiger partial charge >= 0.3 is 6.03 Å². The highest BCUT2D eigenvalue weighted by molar-refractivity contribution is 5.94. The fraction of sp³-hybridized carbons (Fsp3) is 0.286. The zero-order valence-electron chi connectivity index (χ0n) is 16.5. The highest BCUT2D eigenvalue weighted by Gasteiger charge is 2.41. The van der Waals surface area contributed by atoms with Crippen molar-refractivity contribution in [3.8, 4) is 0 Å². The number of hydrogen-bond donors (Lipinski definition) is 0. The second kappa shape index (κ2) is 7.56. The monoisotopic (exact) mass is 394 g/mol. The number of benzene rings is 1. The Kier molecular flexibility index (Phi) is 4.94. The average Bonchev–Trinajstić information content (AvgIpc) is 3.37. The molecule has 1 fully saturated rings. The van der Waals surface area contributed by atoms with E-state index in [9.17, 15) is 4.79 Å². The number of amides is 2. The van der Waals surface area contributed by atoms with Crippen molar-refractivity contribution < 1.29 is 14.4 Å². The molecule has 2 N–H and O–H groups in total.